The van der Waals surface area contributed by atoms with E-state index >= 15 is 0 Å². The molecule has 0 saturated carbocycles. The van der Waals surface area contributed by atoms with Crippen LogP contribution in [-0.4, -0.2) is 97.6 Å². The standard InChI is InChI=1S/C25H35N5O4/c31-22-17-25(20-3-1-2-4-21(20)27-22)7-13-30(14-8-25)24(33)34-18-23(32)29-11-5-19(6-12-29)28-15-9-26-10-16-28/h1-4,19,26H,5-18H2,(H,27,31). The van der Waals surface area contributed by atoms with Gasteiger partial charge in [0.25, 0.3) is 5.91 Å². The summed E-state index contributed by atoms with van der Waals surface area (Å²) in [6, 6.07) is 8.48. The van der Waals surface area contributed by atoms with Crippen LogP contribution < -0.4 is 10.6 Å². The molecule has 3 fully saturated rings. The Balaban J connectivity index is 1.08. The first-order chi connectivity index (χ1) is 16.5. The van der Waals surface area contributed by atoms with Crippen LogP contribution in [0.25, 0.3) is 0 Å². The van der Waals surface area contributed by atoms with Crippen LogP contribution in [0.3, 0.4) is 0 Å². The van der Waals surface area contributed by atoms with Gasteiger partial charge < -0.3 is 25.2 Å². The molecule has 9 nitrogen and oxygen atoms in total. The average molecular weight is 470 g/mol. The van der Waals surface area contributed by atoms with Crippen LogP contribution in [0.15, 0.2) is 24.3 Å². The van der Waals surface area contributed by atoms with Gasteiger partial charge in [-0.15, -0.1) is 0 Å². The number of fused-ring (bicyclic) bond motifs is 2. The topological polar surface area (TPSA) is 94.2 Å². The summed E-state index contributed by atoms with van der Waals surface area (Å²) in [5.41, 5.74) is 1.79. The van der Waals surface area contributed by atoms with E-state index in [9.17, 15) is 14.4 Å². The summed E-state index contributed by atoms with van der Waals surface area (Å²) < 4.78 is 5.40. The van der Waals surface area contributed by atoms with E-state index in [1.807, 2.05) is 23.1 Å². The molecule has 5 rings (SSSR count). The van der Waals surface area contributed by atoms with Gasteiger partial charge in [-0.05, 0) is 37.3 Å². The zero-order chi connectivity index (χ0) is 23.5. The van der Waals surface area contributed by atoms with Crippen molar-refractivity contribution in [1.29, 1.82) is 0 Å². The number of anilines is 1. The van der Waals surface area contributed by atoms with Gasteiger partial charge in [-0.2, -0.15) is 0 Å². The van der Waals surface area contributed by atoms with Crippen LogP contribution >= 0.6 is 0 Å². The van der Waals surface area contributed by atoms with Crippen molar-refractivity contribution in [3.63, 3.8) is 0 Å². The molecule has 4 aliphatic rings. The fourth-order valence-corrected chi connectivity index (χ4v) is 6.05. The van der Waals surface area contributed by atoms with Crippen LogP contribution in [-0.2, 0) is 19.7 Å². The zero-order valence-electron chi connectivity index (χ0n) is 19.8. The highest BCUT2D eigenvalue weighted by Gasteiger charge is 2.43. The number of carbonyl (C=O) groups is 3. The molecule has 0 aromatic heterocycles. The highest BCUT2D eigenvalue weighted by atomic mass is 16.6. The maximum atomic E-state index is 12.7. The molecule has 184 valence electrons. The number of nitrogens with zero attached hydrogens (tertiary/aromatic N) is 3. The molecule has 3 amide bonds. The highest BCUT2D eigenvalue weighted by Crippen LogP contribution is 2.44. The van der Waals surface area contributed by atoms with Gasteiger partial charge >= 0.3 is 6.09 Å². The minimum Gasteiger partial charge on any atom is -0.439 e. The molecular weight excluding hydrogens is 434 g/mol. The molecule has 1 aromatic rings. The first-order valence-electron chi connectivity index (χ1n) is 12.6. The number of hydrogen-bond donors (Lipinski definition) is 2. The highest BCUT2D eigenvalue weighted by molar-refractivity contribution is 5.95. The maximum absolute atomic E-state index is 12.7. The van der Waals surface area contributed by atoms with Crippen molar-refractivity contribution in [2.75, 3.05) is 64.3 Å². The third-order valence-corrected chi connectivity index (χ3v) is 8.05. The third-order valence-electron chi connectivity index (χ3n) is 8.05. The third kappa shape index (κ3) is 4.77. The first kappa shape index (κ1) is 23.1. The van der Waals surface area contributed by atoms with Crippen molar-refractivity contribution in [3.05, 3.63) is 29.8 Å². The van der Waals surface area contributed by atoms with Gasteiger partial charge in [0, 0.05) is 75.9 Å². The fourth-order valence-electron chi connectivity index (χ4n) is 6.05. The Kier molecular flexibility index (Phi) is 6.74. The summed E-state index contributed by atoms with van der Waals surface area (Å²) >= 11 is 0. The summed E-state index contributed by atoms with van der Waals surface area (Å²) in [4.78, 5) is 43.6. The molecule has 0 atom stereocenters. The average Bonchev–Trinajstić information content (AvgIpc) is 2.88. The lowest BCUT2D eigenvalue weighted by Crippen LogP contribution is -2.53. The molecule has 1 aromatic carbocycles. The lowest BCUT2D eigenvalue weighted by molar-refractivity contribution is -0.136. The van der Waals surface area contributed by atoms with Crippen LogP contribution in [0.5, 0.6) is 0 Å². The minimum atomic E-state index is -0.438. The lowest BCUT2D eigenvalue weighted by atomic mass is 9.68. The van der Waals surface area contributed by atoms with Crippen LogP contribution in [0, 0.1) is 0 Å². The Bertz CT molecular complexity index is 916. The predicted octanol–water partition coefficient (Wildman–Crippen LogP) is 1.40. The Morgan fingerprint density at radius 3 is 2.41 bits per heavy atom. The van der Waals surface area contributed by atoms with E-state index in [4.69, 9.17) is 4.74 Å². The van der Waals surface area contributed by atoms with Crippen molar-refractivity contribution >= 4 is 23.6 Å². The van der Waals surface area contributed by atoms with Gasteiger partial charge in [-0.3, -0.25) is 14.5 Å². The second-order valence-electron chi connectivity index (χ2n) is 9.99. The largest absolute Gasteiger partial charge is 0.439 e. The van der Waals surface area contributed by atoms with Crippen LogP contribution in [0.2, 0.25) is 0 Å². The van der Waals surface area contributed by atoms with E-state index in [2.05, 4.69) is 21.6 Å². The molecule has 9 heteroatoms. The number of benzene rings is 1. The van der Waals surface area contributed by atoms with E-state index in [1.165, 1.54) is 0 Å². The molecule has 4 aliphatic heterocycles. The van der Waals surface area contributed by atoms with Crippen molar-refractivity contribution in [3.8, 4) is 0 Å². The van der Waals surface area contributed by atoms with Gasteiger partial charge in [0.05, 0.1) is 0 Å². The normalized spacial score (nSPS) is 23.4. The van der Waals surface area contributed by atoms with E-state index < -0.39 is 6.09 Å². The molecule has 0 aliphatic carbocycles. The van der Waals surface area contributed by atoms with Crippen molar-refractivity contribution in [1.82, 2.24) is 20.0 Å². The monoisotopic (exact) mass is 469 g/mol. The number of ether oxygens (including phenoxy) is 1. The fraction of sp³-hybridized carbons (Fsp3) is 0.640. The second kappa shape index (κ2) is 9.92. The van der Waals surface area contributed by atoms with E-state index in [1.54, 1.807) is 4.90 Å². The summed E-state index contributed by atoms with van der Waals surface area (Å²) in [5.74, 6) is -0.0838. The molecule has 3 saturated heterocycles. The predicted molar refractivity (Wildman–Crippen MR) is 128 cm³/mol. The maximum Gasteiger partial charge on any atom is 0.410 e. The number of piperazine rings is 1. The van der Waals surface area contributed by atoms with Crippen LogP contribution in [0.1, 0.15) is 37.7 Å². The minimum absolute atomic E-state index is 0.0287. The molecule has 2 N–H and O–H groups in total. The number of nitrogens with one attached hydrogen (secondary N) is 2. The summed E-state index contributed by atoms with van der Waals surface area (Å²) in [7, 11) is 0. The zero-order valence-corrected chi connectivity index (χ0v) is 19.8. The smallest absolute Gasteiger partial charge is 0.410 e. The van der Waals surface area contributed by atoms with Crippen molar-refractivity contribution in [2.24, 2.45) is 0 Å². The Hall–Kier alpha value is -2.65. The van der Waals surface area contributed by atoms with E-state index in [-0.39, 0.29) is 23.8 Å². The van der Waals surface area contributed by atoms with Crippen molar-refractivity contribution < 1.29 is 19.1 Å². The quantitative estimate of drug-likeness (QED) is 0.695. The Morgan fingerprint density at radius 2 is 1.68 bits per heavy atom. The van der Waals surface area contributed by atoms with E-state index in [0.29, 0.717) is 38.4 Å². The Labute approximate surface area is 200 Å². The molecule has 4 heterocycles. The van der Waals surface area contributed by atoms with E-state index in [0.717, 1.165) is 63.4 Å². The number of hydrogen-bond acceptors (Lipinski definition) is 6. The van der Waals surface area contributed by atoms with Gasteiger partial charge in [0.15, 0.2) is 6.61 Å². The second-order valence-corrected chi connectivity index (χ2v) is 9.99. The van der Waals surface area contributed by atoms with Crippen molar-refractivity contribution in [2.45, 2.75) is 43.6 Å². The summed E-state index contributed by atoms with van der Waals surface area (Å²) in [5, 5.41) is 6.34. The molecule has 0 unspecified atom stereocenters. The lowest BCUT2D eigenvalue weighted by Gasteiger charge is -2.44. The number of para-hydroxylation sites is 1. The number of likely N-dealkylation sites (tertiary alicyclic amines) is 2. The van der Waals surface area contributed by atoms with Gasteiger partial charge in [0.2, 0.25) is 5.91 Å². The van der Waals surface area contributed by atoms with Gasteiger partial charge in [0.1, 0.15) is 0 Å². The SMILES string of the molecule is O=C1CC2(CCN(C(=O)OCC(=O)N3CCC(N4CCNCC4)CC3)CC2)c2ccccc2N1. The number of rotatable bonds is 3. The van der Waals surface area contributed by atoms with Gasteiger partial charge in [-0.25, -0.2) is 4.79 Å². The molecule has 0 bridgehead atoms. The molecule has 0 radical (unpaired) electrons. The summed E-state index contributed by atoms with van der Waals surface area (Å²) in [6.07, 6.45) is 3.37. The summed E-state index contributed by atoms with van der Waals surface area (Å²) in [6.45, 7) is 6.49. The number of carbonyl (C=O) groups excluding carboxylic acids is 3. The van der Waals surface area contributed by atoms with Crippen LogP contribution in [0.4, 0.5) is 10.5 Å². The molecule has 34 heavy (non-hydrogen) atoms. The molecular formula is C25H35N5O4. The number of amides is 3. The Morgan fingerprint density at radius 1 is 0.971 bits per heavy atom. The first-order valence-corrected chi connectivity index (χ1v) is 12.6. The van der Waals surface area contributed by atoms with Gasteiger partial charge in [-0.1, -0.05) is 18.2 Å². The number of piperidine rings is 2. The molecule has 1 spiro atoms.